The highest BCUT2D eigenvalue weighted by Crippen LogP contribution is 2.48. The minimum atomic E-state index is -0.388. The Bertz CT molecular complexity index is 462. The molecule has 1 saturated carbocycles. The predicted molar refractivity (Wildman–Crippen MR) is 75.7 cm³/mol. The summed E-state index contributed by atoms with van der Waals surface area (Å²) in [7, 11) is 0. The fourth-order valence-electron chi connectivity index (χ4n) is 2.34. The summed E-state index contributed by atoms with van der Waals surface area (Å²) in [4.78, 5) is 12.5. The Morgan fingerprint density at radius 1 is 1.37 bits per heavy atom. The largest absolute Gasteiger partial charge is 0.399 e. The maximum Gasteiger partial charge on any atom is 0.231 e. The highest BCUT2D eigenvalue weighted by Gasteiger charge is 2.52. The summed E-state index contributed by atoms with van der Waals surface area (Å²) in [5.41, 5.74) is 6.65. The highest BCUT2D eigenvalue weighted by molar-refractivity contribution is 5.91. The van der Waals surface area contributed by atoms with Gasteiger partial charge in [0.25, 0.3) is 0 Å². The topological polar surface area (TPSA) is 75.3 Å². The molecule has 0 bridgehead atoms. The van der Waals surface area contributed by atoms with Gasteiger partial charge in [-0.3, -0.25) is 4.79 Å². The highest BCUT2D eigenvalue weighted by atomic mass is 16.3. The molecule has 1 aliphatic rings. The first-order valence-corrected chi connectivity index (χ1v) is 6.69. The van der Waals surface area contributed by atoms with Crippen LogP contribution in [-0.4, -0.2) is 23.2 Å². The number of nitrogens with one attached hydrogen (secondary N) is 1. The van der Waals surface area contributed by atoms with Crippen LogP contribution in [0.25, 0.3) is 0 Å². The third kappa shape index (κ3) is 2.89. The SMILES string of the molecule is CC(C)(CCO)NC(=O)C1(c2ccc(N)cc2)CC1. The van der Waals surface area contributed by atoms with E-state index in [-0.39, 0.29) is 23.5 Å². The first kappa shape index (κ1) is 13.9. The maximum atomic E-state index is 12.5. The van der Waals surface area contributed by atoms with Gasteiger partial charge in [-0.05, 0) is 50.8 Å². The van der Waals surface area contributed by atoms with E-state index in [2.05, 4.69) is 5.32 Å². The lowest BCUT2D eigenvalue weighted by atomic mass is 9.92. The molecule has 0 saturated heterocycles. The lowest BCUT2D eigenvalue weighted by Gasteiger charge is -2.28. The molecular weight excluding hydrogens is 240 g/mol. The van der Waals surface area contributed by atoms with Gasteiger partial charge >= 0.3 is 0 Å². The molecule has 1 aromatic rings. The van der Waals surface area contributed by atoms with Gasteiger partial charge < -0.3 is 16.2 Å². The zero-order chi connectivity index (χ0) is 14.1. The number of nitrogen functional groups attached to an aromatic ring is 1. The molecule has 1 aliphatic carbocycles. The van der Waals surface area contributed by atoms with Crippen LogP contribution in [0.2, 0.25) is 0 Å². The first-order valence-electron chi connectivity index (χ1n) is 6.69. The van der Waals surface area contributed by atoms with E-state index >= 15 is 0 Å². The van der Waals surface area contributed by atoms with Crippen LogP contribution in [0, 0.1) is 0 Å². The number of aliphatic hydroxyl groups is 1. The van der Waals surface area contributed by atoms with Crippen molar-refractivity contribution in [2.75, 3.05) is 12.3 Å². The van der Waals surface area contributed by atoms with Crippen molar-refractivity contribution in [3.05, 3.63) is 29.8 Å². The molecule has 0 aliphatic heterocycles. The van der Waals surface area contributed by atoms with Crippen molar-refractivity contribution < 1.29 is 9.90 Å². The number of carbonyl (C=O) groups excluding carboxylic acids is 1. The van der Waals surface area contributed by atoms with Gasteiger partial charge in [0.15, 0.2) is 0 Å². The van der Waals surface area contributed by atoms with Crippen molar-refractivity contribution in [3.63, 3.8) is 0 Å². The predicted octanol–water partition coefficient (Wildman–Crippen LogP) is 1.58. The Balaban J connectivity index is 2.12. The number of nitrogens with two attached hydrogens (primary N) is 1. The lowest BCUT2D eigenvalue weighted by molar-refractivity contribution is -0.125. The molecule has 104 valence electrons. The van der Waals surface area contributed by atoms with Gasteiger partial charge in [0, 0.05) is 17.8 Å². The fourth-order valence-corrected chi connectivity index (χ4v) is 2.34. The second-order valence-electron chi connectivity index (χ2n) is 6.02. The Morgan fingerprint density at radius 2 is 1.95 bits per heavy atom. The smallest absolute Gasteiger partial charge is 0.231 e. The molecule has 1 fully saturated rings. The van der Waals surface area contributed by atoms with Crippen molar-refractivity contribution in [2.45, 2.75) is 44.1 Å². The van der Waals surface area contributed by atoms with Gasteiger partial charge in [0.1, 0.15) is 0 Å². The third-order valence-corrected chi connectivity index (χ3v) is 3.84. The van der Waals surface area contributed by atoms with E-state index in [1.54, 1.807) is 0 Å². The number of hydrogen-bond acceptors (Lipinski definition) is 3. The van der Waals surface area contributed by atoms with Gasteiger partial charge in [0.2, 0.25) is 5.91 Å². The molecule has 0 aromatic heterocycles. The quantitative estimate of drug-likeness (QED) is 0.705. The fraction of sp³-hybridized carbons (Fsp3) is 0.533. The van der Waals surface area contributed by atoms with Gasteiger partial charge in [-0.1, -0.05) is 12.1 Å². The van der Waals surface area contributed by atoms with E-state index in [1.165, 1.54) is 0 Å². The summed E-state index contributed by atoms with van der Waals surface area (Å²) in [6.07, 6.45) is 2.30. The standard InChI is InChI=1S/C15H22N2O2/c1-14(2,9-10-18)17-13(19)15(7-8-15)11-3-5-12(16)6-4-11/h3-6,18H,7-10,16H2,1-2H3,(H,17,19). The molecular formula is C15H22N2O2. The zero-order valence-electron chi connectivity index (χ0n) is 11.6. The molecule has 1 aromatic carbocycles. The van der Waals surface area contributed by atoms with Crippen LogP contribution in [0.4, 0.5) is 5.69 Å². The van der Waals surface area contributed by atoms with E-state index < -0.39 is 0 Å². The minimum absolute atomic E-state index is 0.0516. The Hall–Kier alpha value is -1.55. The zero-order valence-corrected chi connectivity index (χ0v) is 11.6. The monoisotopic (exact) mass is 262 g/mol. The number of amides is 1. The van der Waals surface area contributed by atoms with Crippen LogP contribution in [-0.2, 0) is 10.2 Å². The van der Waals surface area contributed by atoms with Crippen molar-refractivity contribution in [1.82, 2.24) is 5.32 Å². The van der Waals surface area contributed by atoms with E-state index in [0.29, 0.717) is 12.1 Å². The summed E-state index contributed by atoms with van der Waals surface area (Å²) in [6.45, 7) is 3.93. The van der Waals surface area contributed by atoms with Crippen LogP contribution >= 0.6 is 0 Å². The second-order valence-corrected chi connectivity index (χ2v) is 6.02. The summed E-state index contributed by atoms with van der Waals surface area (Å²) >= 11 is 0. The second kappa shape index (κ2) is 4.85. The normalized spacial score (nSPS) is 17.0. The van der Waals surface area contributed by atoms with Gasteiger partial charge in [-0.25, -0.2) is 0 Å². The van der Waals surface area contributed by atoms with Crippen LogP contribution < -0.4 is 11.1 Å². The molecule has 0 unspecified atom stereocenters. The van der Waals surface area contributed by atoms with E-state index in [4.69, 9.17) is 10.8 Å². The number of rotatable bonds is 5. The van der Waals surface area contributed by atoms with Crippen molar-refractivity contribution in [2.24, 2.45) is 0 Å². The van der Waals surface area contributed by atoms with Crippen molar-refractivity contribution in [3.8, 4) is 0 Å². The summed E-state index contributed by atoms with van der Waals surface area (Å²) in [5, 5.41) is 12.1. The van der Waals surface area contributed by atoms with E-state index in [0.717, 1.165) is 18.4 Å². The molecule has 4 N–H and O–H groups in total. The molecule has 0 heterocycles. The van der Waals surface area contributed by atoms with E-state index in [1.807, 2.05) is 38.1 Å². The Kier molecular flexibility index (Phi) is 3.54. The van der Waals surface area contributed by atoms with Crippen LogP contribution in [0.5, 0.6) is 0 Å². The molecule has 0 atom stereocenters. The van der Waals surface area contributed by atoms with Gasteiger partial charge in [-0.2, -0.15) is 0 Å². The molecule has 0 radical (unpaired) electrons. The minimum Gasteiger partial charge on any atom is -0.399 e. The average Bonchev–Trinajstić information content (AvgIpc) is 3.10. The van der Waals surface area contributed by atoms with Crippen LogP contribution in [0.3, 0.4) is 0 Å². The van der Waals surface area contributed by atoms with Crippen molar-refractivity contribution >= 4 is 11.6 Å². The molecule has 0 spiro atoms. The molecule has 4 heteroatoms. The first-order chi connectivity index (χ1) is 8.89. The molecule has 2 rings (SSSR count). The number of anilines is 1. The van der Waals surface area contributed by atoms with Gasteiger partial charge in [0.05, 0.1) is 5.41 Å². The maximum absolute atomic E-state index is 12.5. The lowest BCUT2D eigenvalue weighted by Crippen LogP contribution is -2.48. The van der Waals surface area contributed by atoms with E-state index in [9.17, 15) is 4.79 Å². The van der Waals surface area contributed by atoms with Crippen LogP contribution in [0.1, 0.15) is 38.7 Å². The molecule has 4 nitrogen and oxygen atoms in total. The average molecular weight is 262 g/mol. The number of benzene rings is 1. The summed E-state index contributed by atoms with van der Waals surface area (Å²) < 4.78 is 0. The van der Waals surface area contributed by atoms with Crippen molar-refractivity contribution in [1.29, 1.82) is 0 Å². The van der Waals surface area contributed by atoms with Crippen LogP contribution in [0.15, 0.2) is 24.3 Å². The number of hydrogen-bond donors (Lipinski definition) is 3. The number of carbonyl (C=O) groups is 1. The molecule has 19 heavy (non-hydrogen) atoms. The number of aliphatic hydroxyl groups excluding tert-OH is 1. The summed E-state index contributed by atoms with van der Waals surface area (Å²) in [5.74, 6) is 0.0516. The Labute approximate surface area is 114 Å². The molecule has 1 amide bonds. The third-order valence-electron chi connectivity index (χ3n) is 3.84. The Morgan fingerprint density at radius 3 is 2.42 bits per heavy atom. The summed E-state index contributed by atoms with van der Waals surface area (Å²) in [6, 6.07) is 7.53. The van der Waals surface area contributed by atoms with Gasteiger partial charge in [-0.15, -0.1) is 0 Å².